The zero-order valence-electron chi connectivity index (χ0n) is 17.9. The third-order valence-electron chi connectivity index (χ3n) is 5.60. The van der Waals surface area contributed by atoms with Crippen molar-refractivity contribution in [1.82, 2.24) is 5.32 Å². The molecule has 4 rings (SSSR count). The molecule has 5 heteroatoms. The lowest BCUT2D eigenvalue weighted by atomic mass is 9.98. The van der Waals surface area contributed by atoms with Crippen molar-refractivity contribution in [2.45, 2.75) is 32.2 Å². The van der Waals surface area contributed by atoms with E-state index in [1.165, 1.54) is 11.1 Å². The van der Waals surface area contributed by atoms with Gasteiger partial charge in [-0.25, -0.2) is 4.79 Å². The Balaban J connectivity index is 1.40. The smallest absolute Gasteiger partial charge is 0.408 e. The van der Waals surface area contributed by atoms with Crippen molar-refractivity contribution in [3.05, 3.63) is 89.5 Å². The number of alkyl carbamates (subject to hydrolysis) is 1. The Morgan fingerprint density at radius 1 is 0.903 bits per heavy atom. The summed E-state index contributed by atoms with van der Waals surface area (Å²) in [6, 6.07) is 23.9. The minimum atomic E-state index is -1.13. The van der Waals surface area contributed by atoms with E-state index < -0.39 is 11.6 Å². The monoisotopic (exact) mass is 414 g/mol. The van der Waals surface area contributed by atoms with Gasteiger partial charge in [-0.1, -0.05) is 60.7 Å². The Morgan fingerprint density at radius 3 is 2.13 bits per heavy atom. The average molecular weight is 415 g/mol. The standard InChI is InChI=1S/C26H26N2O3/c1-17-9-8-10-18(15-17)27-24(29)26(2,3)28-25(30)31-16-23-21-13-6-4-11-19(21)20-12-5-7-14-22(20)23/h4-15,23H,16H2,1-3H3,(H,27,29)(H,28,30). The molecule has 0 heterocycles. The number of ether oxygens (including phenoxy) is 1. The highest BCUT2D eigenvalue weighted by Crippen LogP contribution is 2.44. The lowest BCUT2D eigenvalue weighted by molar-refractivity contribution is -0.121. The fourth-order valence-electron chi connectivity index (χ4n) is 3.96. The minimum Gasteiger partial charge on any atom is -0.449 e. The van der Waals surface area contributed by atoms with Crippen LogP contribution in [0.4, 0.5) is 10.5 Å². The van der Waals surface area contributed by atoms with Crippen LogP contribution in [-0.4, -0.2) is 24.1 Å². The van der Waals surface area contributed by atoms with Gasteiger partial charge in [-0.2, -0.15) is 0 Å². The molecule has 0 aliphatic heterocycles. The Labute approximate surface area is 182 Å². The summed E-state index contributed by atoms with van der Waals surface area (Å²) in [6.07, 6.45) is -0.619. The number of hydrogen-bond acceptors (Lipinski definition) is 3. The van der Waals surface area contributed by atoms with Gasteiger partial charge in [0.2, 0.25) is 5.91 Å². The van der Waals surface area contributed by atoms with Crippen LogP contribution in [0.5, 0.6) is 0 Å². The van der Waals surface area contributed by atoms with Gasteiger partial charge in [0.25, 0.3) is 0 Å². The molecule has 31 heavy (non-hydrogen) atoms. The first-order chi connectivity index (χ1) is 14.8. The molecule has 158 valence electrons. The SMILES string of the molecule is Cc1cccc(NC(=O)C(C)(C)NC(=O)OCC2c3ccccc3-c3ccccc32)c1. The maximum atomic E-state index is 12.7. The van der Waals surface area contributed by atoms with Crippen molar-refractivity contribution in [2.75, 3.05) is 11.9 Å². The molecule has 0 bridgehead atoms. The molecule has 1 aliphatic carbocycles. The topological polar surface area (TPSA) is 67.4 Å². The van der Waals surface area contributed by atoms with Crippen LogP contribution in [-0.2, 0) is 9.53 Å². The molecule has 0 fully saturated rings. The molecule has 0 saturated carbocycles. The van der Waals surface area contributed by atoms with E-state index in [2.05, 4.69) is 34.9 Å². The van der Waals surface area contributed by atoms with E-state index in [9.17, 15) is 9.59 Å². The van der Waals surface area contributed by atoms with E-state index in [4.69, 9.17) is 4.74 Å². The van der Waals surface area contributed by atoms with E-state index in [0.717, 1.165) is 16.7 Å². The molecule has 1 aliphatic rings. The van der Waals surface area contributed by atoms with E-state index in [-0.39, 0.29) is 18.4 Å². The maximum Gasteiger partial charge on any atom is 0.408 e. The van der Waals surface area contributed by atoms with Crippen LogP contribution in [0.25, 0.3) is 11.1 Å². The zero-order chi connectivity index (χ0) is 22.0. The summed E-state index contributed by atoms with van der Waals surface area (Å²) in [5.41, 5.74) is 5.23. The fraction of sp³-hybridized carbons (Fsp3) is 0.231. The quantitative estimate of drug-likeness (QED) is 0.599. The molecule has 0 saturated heterocycles. The summed E-state index contributed by atoms with van der Waals surface area (Å²) in [6.45, 7) is 5.46. The highest BCUT2D eigenvalue weighted by molar-refractivity contribution is 5.99. The third kappa shape index (κ3) is 4.31. The number of aryl methyl sites for hydroxylation is 1. The molecule has 0 radical (unpaired) electrons. The number of hydrogen-bond donors (Lipinski definition) is 2. The Kier molecular flexibility index (Phi) is 5.51. The van der Waals surface area contributed by atoms with Crippen LogP contribution >= 0.6 is 0 Å². The summed E-state index contributed by atoms with van der Waals surface area (Å²) >= 11 is 0. The Hall–Kier alpha value is -3.60. The fourth-order valence-corrected chi connectivity index (χ4v) is 3.96. The summed E-state index contributed by atoms with van der Waals surface area (Å²) < 4.78 is 5.56. The maximum absolute atomic E-state index is 12.7. The molecule has 2 amide bonds. The molecule has 5 nitrogen and oxygen atoms in total. The number of fused-ring (bicyclic) bond motifs is 3. The van der Waals surface area contributed by atoms with Gasteiger partial charge in [0, 0.05) is 11.6 Å². The van der Waals surface area contributed by atoms with E-state index in [1.54, 1.807) is 13.8 Å². The highest BCUT2D eigenvalue weighted by Gasteiger charge is 2.32. The highest BCUT2D eigenvalue weighted by atomic mass is 16.5. The van der Waals surface area contributed by atoms with Gasteiger partial charge in [-0.05, 0) is 60.7 Å². The van der Waals surface area contributed by atoms with Gasteiger partial charge >= 0.3 is 6.09 Å². The lowest BCUT2D eigenvalue weighted by Gasteiger charge is -2.25. The van der Waals surface area contributed by atoms with Crippen LogP contribution in [0.15, 0.2) is 72.8 Å². The van der Waals surface area contributed by atoms with Crippen molar-refractivity contribution in [3.63, 3.8) is 0 Å². The van der Waals surface area contributed by atoms with Crippen molar-refractivity contribution in [2.24, 2.45) is 0 Å². The minimum absolute atomic E-state index is 0.0256. The molecule has 3 aromatic carbocycles. The molecule has 0 unspecified atom stereocenters. The van der Waals surface area contributed by atoms with Gasteiger partial charge in [0.05, 0.1) is 0 Å². The Bertz CT molecular complexity index is 1090. The normalized spacial score (nSPS) is 12.6. The van der Waals surface area contributed by atoms with Crippen LogP contribution in [0.3, 0.4) is 0 Å². The van der Waals surface area contributed by atoms with Crippen LogP contribution < -0.4 is 10.6 Å². The van der Waals surface area contributed by atoms with Gasteiger partial charge in [0.1, 0.15) is 12.1 Å². The third-order valence-corrected chi connectivity index (χ3v) is 5.60. The van der Waals surface area contributed by atoms with E-state index in [1.807, 2.05) is 55.5 Å². The predicted octanol–water partition coefficient (Wildman–Crippen LogP) is 5.25. The van der Waals surface area contributed by atoms with Gasteiger partial charge in [-0.3, -0.25) is 4.79 Å². The summed E-state index contributed by atoms with van der Waals surface area (Å²) in [7, 11) is 0. The number of carbonyl (C=O) groups is 2. The number of benzene rings is 3. The van der Waals surface area contributed by atoms with E-state index >= 15 is 0 Å². The first-order valence-corrected chi connectivity index (χ1v) is 10.4. The molecule has 0 aromatic heterocycles. The average Bonchev–Trinajstić information content (AvgIpc) is 3.06. The first kappa shape index (κ1) is 20.7. The second kappa shape index (κ2) is 8.26. The molecule has 2 N–H and O–H groups in total. The molecule has 0 spiro atoms. The van der Waals surface area contributed by atoms with Crippen molar-refractivity contribution in [1.29, 1.82) is 0 Å². The number of rotatable bonds is 5. The molecule has 0 atom stereocenters. The van der Waals surface area contributed by atoms with Crippen molar-refractivity contribution < 1.29 is 14.3 Å². The van der Waals surface area contributed by atoms with Gasteiger partial charge in [-0.15, -0.1) is 0 Å². The lowest BCUT2D eigenvalue weighted by Crippen LogP contribution is -2.52. The van der Waals surface area contributed by atoms with Crippen LogP contribution in [0, 0.1) is 6.92 Å². The number of anilines is 1. The first-order valence-electron chi connectivity index (χ1n) is 10.4. The number of carbonyl (C=O) groups excluding carboxylic acids is 2. The van der Waals surface area contributed by atoms with Crippen LogP contribution in [0.1, 0.15) is 36.5 Å². The van der Waals surface area contributed by atoms with Gasteiger partial charge < -0.3 is 15.4 Å². The largest absolute Gasteiger partial charge is 0.449 e. The molecular formula is C26H26N2O3. The predicted molar refractivity (Wildman–Crippen MR) is 122 cm³/mol. The second-order valence-electron chi connectivity index (χ2n) is 8.40. The Morgan fingerprint density at radius 2 is 1.52 bits per heavy atom. The molecule has 3 aromatic rings. The van der Waals surface area contributed by atoms with E-state index in [0.29, 0.717) is 5.69 Å². The summed E-state index contributed by atoms with van der Waals surface area (Å²) in [5.74, 6) is -0.339. The number of nitrogens with one attached hydrogen (secondary N) is 2. The number of amides is 2. The van der Waals surface area contributed by atoms with Crippen LogP contribution in [0.2, 0.25) is 0 Å². The molecular weight excluding hydrogens is 388 g/mol. The van der Waals surface area contributed by atoms with Gasteiger partial charge in [0.15, 0.2) is 0 Å². The summed E-state index contributed by atoms with van der Waals surface area (Å²) in [4.78, 5) is 25.2. The van der Waals surface area contributed by atoms with Crippen molar-refractivity contribution in [3.8, 4) is 11.1 Å². The van der Waals surface area contributed by atoms with Crippen molar-refractivity contribution >= 4 is 17.7 Å². The second-order valence-corrected chi connectivity index (χ2v) is 8.40. The zero-order valence-corrected chi connectivity index (χ0v) is 17.9. The summed E-state index contributed by atoms with van der Waals surface area (Å²) in [5, 5.41) is 5.53.